The van der Waals surface area contributed by atoms with E-state index in [9.17, 15) is 0 Å². The van der Waals surface area contributed by atoms with Gasteiger partial charge in [0.25, 0.3) is 0 Å². The summed E-state index contributed by atoms with van der Waals surface area (Å²) in [5, 5.41) is 3.44. The zero-order valence-electron chi connectivity index (χ0n) is 10.4. The molecule has 0 amide bonds. The summed E-state index contributed by atoms with van der Waals surface area (Å²) in [4.78, 5) is 0. The molecule has 0 radical (unpaired) electrons. The van der Waals surface area contributed by atoms with E-state index in [4.69, 9.17) is 4.74 Å². The van der Waals surface area contributed by atoms with Gasteiger partial charge in [-0.15, -0.1) is 0 Å². The second-order valence-corrected chi connectivity index (χ2v) is 4.98. The van der Waals surface area contributed by atoms with Crippen molar-refractivity contribution < 1.29 is 4.74 Å². The van der Waals surface area contributed by atoms with Crippen LogP contribution in [0.3, 0.4) is 0 Å². The Morgan fingerprint density at radius 2 is 2.12 bits per heavy atom. The number of fused-ring (bicyclic) bond motifs is 1. The molecule has 0 fully saturated rings. The minimum absolute atomic E-state index is 0.503. The molecule has 0 aliphatic carbocycles. The van der Waals surface area contributed by atoms with Crippen LogP contribution >= 0.6 is 0 Å². The van der Waals surface area contributed by atoms with Gasteiger partial charge in [-0.2, -0.15) is 0 Å². The van der Waals surface area contributed by atoms with Gasteiger partial charge in [0.05, 0.1) is 6.61 Å². The van der Waals surface area contributed by atoms with Gasteiger partial charge in [0.15, 0.2) is 0 Å². The lowest BCUT2D eigenvalue weighted by Crippen LogP contribution is -2.34. The molecule has 2 atom stereocenters. The van der Waals surface area contributed by atoms with Gasteiger partial charge >= 0.3 is 0 Å². The highest BCUT2D eigenvalue weighted by Gasteiger charge is 2.30. The van der Waals surface area contributed by atoms with Gasteiger partial charge in [-0.1, -0.05) is 32.0 Å². The van der Waals surface area contributed by atoms with Crippen molar-refractivity contribution >= 4 is 0 Å². The van der Waals surface area contributed by atoms with E-state index < -0.39 is 0 Å². The minimum atomic E-state index is 0.503. The average molecular weight is 219 g/mol. The summed E-state index contributed by atoms with van der Waals surface area (Å²) in [6.07, 6.45) is 1.19. The number of likely N-dealkylation sites (N-methyl/N-ethyl adjacent to an activating group) is 1. The molecule has 2 nitrogen and oxygen atoms in total. The molecule has 2 unspecified atom stereocenters. The summed E-state index contributed by atoms with van der Waals surface area (Å²) in [6, 6.07) is 8.92. The largest absolute Gasteiger partial charge is 0.493 e. The van der Waals surface area contributed by atoms with Crippen molar-refractivity contribution in [2.75, 3.05) is 13.7 Å². The molecule has 2 heteroatoms. The molecule has 1 N–H and O–H groups in total. The fourth-order valence-corrected chi connectivity index (χ4v) is 2.51. The zero-order chi connectivity index (χ0) is 11.5. The standard InChI is InChI=1S/C14H21NO/c1-10(2)8-13(15-3)12-9-16-14-7-5-4-6-11(12)14/h4-7,10,12-13,15H,8-9H2,1-3H3. The van der Waals surface area contributed by atoms with E-state index in [0.717, 1.165) is 12.4 Å². The Bertz CT molecular complexity index is 348. The van der Waals surface area contributed by atoms with E-state index in [1.165, 1.54) is 12.0 Å². The molecule has 1 aromatic rings. The number of para-hydroxylation sites is 1. The van der Waals surface area contributed by atoms with E-state index >= 15 is 0 Å². The molecule has 2 rings (SSSR count). The topological polar surface area (TPSA) is 21.3 Å². The molecule has 88 valence electrons. The molecule has 1 aliphatic rings. The van der Waals surface area contributed by atoms with Crippen LogP contribution in [-0.2, 0) is 0 Å². The number of benzene rings is 1. The van der Waals surface area contributed by atoms with Crippen molar-refractivity contribution in [3.63, 3.8) is 0 Å². The van der Waals surface area contributed by atoms with Crippen LogP contribution in [0.1, 0.15) is 31.7 Å². The third-order valence-corrected chi connectivity index (χ3v) is 3.32. The number of hydrogen-bond acceptors (Lipinski definition) is 2. The summed E-state index contributed by atoms with van der Waals surface area (Å²) >= 11 is 0. The number of nitrogens with one attached hydrogen (secondary N) is 1. The second-order valence-electron chi connectivity index (χ2n) is 4.98. The molecule has 0 saturated heterocycles. The van der Waals surface area contributed by atoms with E-state index in [2.05, 4.69) is 37.4 Å². The molecule has 1 heterocycles. The average Bonchev–Trinajstić information content (AvgIpc) is 2.69. The van der Waals surface area contributed by atoms with E-state index in [1.54, 1.807) is 0 Å². The third kappa shape index (κ3) is 2.22. The van der Waals surface area contributed by atoms with E-state index in [0.29, 0.717) is 17.9 Å². The lowest BCUT2D eigenvalue weighted by molar-refractivity contribution is 0.286. The predicted octanol–water partition coefficient (Wildman–Crippen LogP) is 2.80. The highest BCUT2D eigenvalue weighted by molar-refractivity contribution is 5.40. The molecule has 0 spiro atoms. The number of rotatable bonds is 4. The van der Waals surface area contributed by atoms with Gasteiger partial charge in [-0.25, -0.2) is 0 Å². The Hall–Kier alpha value is -1.02. The van der Waals surface area contributed by atoms with Crippen molar-refractivity contribution in [3.05, 3.63) is 29.8 Å². The number of ether oxygens (including phenoxy) is 1. The lowest BCUT2D eigenvalue weighted by Gasteiger charge is -2.24. The molecular formula is C14H21NO. The van der Waals surface area contributed by atoms with Gasteiger partial charge < -0.3 is 10.1 Å². The third-order valence-electron chi connectivity index (χ3n) is 3.32. The van der Waals surface area contributed by atoms with Crippen LogP contribution in [0, 0.1) is 5.92 Å². The monoisotopic (exact) mass is 219 g/mol. The van der Waals surface area contributed by atoms with Crippen LogP contribution in [-0.4, -0.2) is 19.7 Å². The van der Waals surface area contributed by atoms with Gasteiger partial charge in [0.1, 0.15) is 5.75 Å². The fourth-order valence-electron chi connectivity index (χ4n) is 2.51. The molecule has 0 aromatic heterocycles. The Balaban J connectivity index is 2.16. The van der Waals surface area contributed by atoms with Crippen molar-refractivity contribution in [3.8, 4) is 5.75 Å². The van der Waals surface area contributed by atoms with Crippen LogP contribution in [0.15, 0.2) is 24.3 Å². The predicted molar refractivity (Wildman–Crippen MR) is 67.0 cm³/mol. The summed E-state index contributed by atoms with van der Waals surface area (Å²) < 4.78 is 5.74. The number of hydrogen-bond donors (Lipinski definition) is 1. The summed E-state index contributed by atoms with van der Waals surface area (Å²) in [5.41, 5.74) is 1.36. The molecular weight excluding hydrogens is 198 g/mol. The van der Waals surface area contributed by atoms with Gasteiger partial charge in [0.2, 0.25) is 0 Å². The maximum absolute atomic E-state index is 5.74. The van der Waals surface area contributed by atoms with Crippen LogP contribution in [0.5, 0.6) is 5.75 Å². The molecule has 1 aliphatic heterocycles. The molecule has 1 aromatic carbocycles. The first-order chi connectivity index (χ1) is 7.72. The Morgan fingerprint density at radius 1 is 1.38 bits per heavy atom. The zero-order valence-corrected chi connectivity index (χ0v) is 10.4. The first kappa shape index (κ1) is 11.5. The highest BCUT2D eigenvalue weighted by Crippen LogP contribution is 2.36. The molecule has 0 bridgehead atoms. The Kier molecular flexibility index (Phi) is 3.49. The smallest absolute Gasteiger partial charge is 0.122 e. The summed E-state index contributed by atoms with van der Waals surface area (Å²) in [6.45, 7) is 5.36. The molecule has 0 saturated carbocycles. The van der Waals surface area contributed by atoms with Crippen molar-refractivity contribution in [1.82, 2.24) is 5.32 Å². The van der Waals surface area contributed by atoms with E-state index in [-0.39, 0.29) is 0 Å². The SMILES string of the molecule is CNC(CC(C)C)C1COc2ccccc21. The Morgan fingerprint density at radius 3 is 2.81 bits per heavy atom. The second kappa shape index (κ2) is 4.88. The lowest BCUT2D eigenvalue weighted by atomic mass is 9.88. The van der Waals surface area contributed by atoms with Gasteiger partial charge in [-0.05, 0) is 25.5 Å². The molecule has 16 heavy (non-hydrogen) atoms. The van der Waals surface area contributed by atoms with Gasteiger partial charge in [-0.3, -0.25) is 0 Å². The first-order valence-corrected chi connectivity index (χ1v) is 6.11. The van der Waals surface area contributed by atoms with Crippen LogP contribution in [0.25, 0.3) is 0 Å². The quantitative estimate of drug-likeness (QED) is 0.840. The van der Waals surface area contributed by atoms with Crippen molar-refractivity contribution in [2.45, 2.75) is 32.2 Å². The van der Waals surface area contributed by atoms with Crippen LogP contribution < -0.4 is 10.1 Å². The van der Waals surface area contributed by atoms with Crippen molar-refractivity contribution in [1.29, 1.82) is 0 Å². The first-order valence-electron chi connectivity index (χ1n) is 6.11. The van der Waals surface area contributed by atoms with Crippen LogP contribution in [0.2, 0.25) is 0 Å². The maximum atomic E-state index is 5.74. The maximum Gasteiger partial charge on any atom is 0.122 e. The van der Waals surface area contributed by atoms with E-state index in [1.807, 2.05) is 13.1 Å². The highest BCUT2D eigenvalue weighted by atomic mass is 16.5. The summed E-state index contributed by atoms with van der Waals surface area (Å²) in [7, 11) is 2.05. The normalized spacial score (nSPS) is 20.6. The minimum Gasteiger partial charge on any atom is -0.493 e. The Labute approximate surface area is 98.0 Å². The fraction of sp³-hybridized carbons (Fsp3) is 0.571. The van der Waals surface area contributed by atoms with Crippen LogP contribution in [0.4, 0.5) is 0 Å². The van der Waals surface area contributed by atoms with Gasteiger partial charge in [0, 0.05) is 17.5 Å². The summed E-state index contributed by atoms with van der Waals surface area (Å²) in [5.74, 6) is 2.28. The van der Waals surface area contributed by atoms with Crippen molar-refractivity contribution in [2.24, 2.45) is 5.92 Å².